The van der Waals surface area contributed by atoms with Gasteiger partial charge in [0.15, 0.2) is 11.5 Å². The normalized spacial score (nSPS) is 17.0. The third-order valence-electron chi connectivity index (χ3n) is 5.93. The zero-order chi connectivity index (χ0) is 21.4. The molecule has 0 radical (unpaired) electrons. The SMILES string of the molecule is O=C(c1cc(-c2ccccc2)on1)N1CCc2cc(S(=O)(=O)N3CCCCC3)ccc21. The first-order chi connectivity index (χ1) is 15.0. The zero-order valence-electron chi connectivity index (χ0n) is 17.0. The van der Waals surface area contributed by atoms with Crippen molar-refractivity contribution in [2.75, 3.05) is 24.5 Å². The largest absolute Gasteiger partial charge is 0.355 e. The number of carbonyl (C=O) groups is 1. The summed E-state index contributed by atoms with van der Waals surface area (Å²) < 4.78 is 32.9. The number of amides is 1. The van der Waals surface area contributed by atoms with Crippen molar-refractivity contribution in [3.8, 4) is 11.3 Å². The molecule has 31 heavy (non-hydrogen) atoms. The smallest absolute Gasteiger partial charge is 0.280 e. The van der Waals surface area contributed by atoms with E-state index in [1.54, 1.807) is 33.5 Å². The van der Waals surface area contributed by atoms with Crippen LogP contribution < -0.4 is 4.90 Å². The topological polar surface area (TPSA) is 83.7 Å². The fourth-order valence-electron chi connectivity index (χ4n) is 4.26. The number of hydrogen-bond acceptors (Lipinski definition) is 5. The summed E-state index contributed by atoms with van der Waals surface area (Å²) in [5.74, 6) is 0.280. The summed E-state index contributed by atoms with van der Waals surface area (Å²) in [6, 6.07) is 16.2. The van der Waals surface area contributed by atoms with Crippen LogP contribution in [0.5, 0.6) is 0 Å². The molecule has 0 unspecified atom stereocenters. The molecule has 3 aromatic rings. The van der Waals surface area contributed by atoms with E-state index in [9.17, 15) is 13.2 Å². The van der Waals surface area contributed by atoms with Crippen molar-refractivity contribution in [1.82, 2.24) is 9.46 Å². The second kappa shape index (κ2) is 7.94. The molecule has 160 valence electrons. The number of aromatic nitrogens is 1. The van der Waals surface area contributed by atoms with E-state index in [0.29, 0.717) is 36.7 Å². The molecule has 2 aliphatic rings. The average Bonchev–Trinajstić information content (AvgIpc) is 3.47. The first-order valence-corrected chi connectivity index (χ1v) is 12.0. The Hall–Kier alpha value is -2.97. The Morgan fingerprint density at radius 3 is 2.48 bits per heavy atom. The van der Waals surface area contributed by atoms with Gasteiger partial charge in [-0.15, -0.1) is 0 Å². The van der Waals surface area contributed by atoms with Gasteiger partial charge in [0.05, 0.1) is 4.90 Å². The summed E-state index contributed by atoms with van der Waals surface area (Å²) in [6.07, 6.45) is 3.47. The van der Waals surface area contributed by atoms with Crippen LogP contribution in [0.2, 0.25) is 0 Å². The highest BCUT2D eigenvalue weighted by atomic mass is 32.2. The minimum atomic E-state index is -3.50. The highest BCUT2D eigenvalue weighted by Gasteiger charge is 2.31. The molecule has 1 aromatic heterocycles. The van der Waals surface area contributed by atoms with Crippen LogP contribution in [-0.4, -0.2) is 43.4 Å². The van der Waals surface area contributed by atoms with Crippen LogP contribution in [0, 0.1) is 0 Å². The second-order valence-corrected chi connectivity index (χ2v) is 9.84. The van der Waals surface area contributed by atoms with Crippen molar-refractivity contribution < 1.29 is 17.7 Å². The second-order valence-electron chi connectivity index (χ2n) is 7.90. The van der Waals surface area contributed by atoms with Gasteiger partial charge < -0.3 is 9.42 Å². The maximum absolute atomic E-state index is 13.1. The molecule has 0 spiro atoms. The molecule has 1 amide bonds. The van der Waals surface area contributed by atoms with Gasteiger partial charge in [-0.2, -0.15) is 4.31 Å². The highest BCUT2D eigenvalue weighted by Crippen LogP contribution is 2.33. The van der Waals surface area contributed by atoms with Gasteiger partial charge >= 0.3 is 0 Å². The van der Waals surface area contributed by atoms with Crippen LogP contribution in [0.3, 0.4) is 0 Å². The summed E-state index contributed by atoms with van der Waals surface area (Å²) in [6.45, 7) is 1.62. The van der Waals surface area contributed by atoms with Crippen LogP contribution >= 0.6 is 0 Å². The molecule has 0 N–H and O–H groups in total. The van der Waals surface area contributed by atoms with E-state index in [1.165, 1.54) is 0 Å². The van der Waals surface area contributed by atoms with Crippen LogP contribution in [0.1, 0.15) is 35.3 Å². The van der Waals surface area contributed by atoms with Gasteiger partial charge in [0, 0.05) is 37.0 Å². The third kappa shape index (κ3) is 3.66. The monoisotopic (exact) mass is 437 g/mol. The fourth-order valence-corrected chi connectivity index (χ4v) is 5.82. The Bertz CT molecular complexity index is 1210. The predicted octanol–water partition coefficient (Wildman–Crippen LogP) is 3.72. The van der Waals surface area contributed by atoms with Crippen molar-refractivity contribution in [2.45, 2.75) is 30.6 Å². The maximum atomic E-state index is 13.1. The van der Waals surface area contributed by atoms with E-state index in [0.717, 1.165) is 36.1 Å². The summed E-state index contributed by atoms with van der Waals surface area (Å²) in [4.78, 5) is 15.0. The number of fused-ring (bicyclic) bond motifs is 1. The standard InChI is InChI=1S/C23H23N3O4S/c27-23(20-16-22(30-24-20)17-7-3-1-4-8-17)26-14-11-18-15-19(9-10-21(18)26)31(28,29)25-12-5-2-6-13-25/h1,3-4,7-10,15-16H,2,5-6,11-14H2. The van der Waals surface area contributed by atoms with Crippen molar-refractivity contribution in [2.24, 2.45) is 0 Å². The summed E-state index contributed by atoms with van der Waals surface area (Å²) in [5, 5.41) is 3.96. The number of carbonyl (C=O) groups excluding carboxylic acids is 1. The first kappa shape index (κ1) is 20.0. The molecule has 2 aliphatic heterocycles. The van der Waals surface area contributed by atoms with Crippen molar-refractivity contribution >= 4 is 21.6 Å². The summed E-state index contributed by atoms with van der Waals surface area (Å²) >= 11 is 0. The summed E-state index contributed by atoms with van der Waals surface area (Å²) in [5.41, 5.74) is 2.67. The van der Waals surface area contributed by atoms with Gasteiger partial charge in [-0.1, -0.05) is 41.9 Å². The van der Waals surface area contributed by atoms with Gasteiger partial charge in [-0.25, -0.2) is 8.42 Å². The number of anilines is 1. The van der Waals surface area contributed by atoms with Crippen molar-refractivity contribution in [1.29, 1.82) is 0 Å². The van der Waals surface area contributed by atoms with E-state index in [1.807, 2.05) is 30.3 Å². The lowest BCUT2D eigenvalue weighted by molar-refractivity contribution is 0.0980. The van der Waals surface area contributed by atoms with E-state index in [4.69, 9.17) is 4.52 Å². The van der Waals surface area contributed by atoms with E-state index < -0.39 is 10.0 Å². The summed E-state index contributed by atoms with van der Waals surface area (Å²) in [7, 11) is -3.50. The number of piperidine rings is 1. The molecule has 1 fully saturated rings. The Morgan fingerprint density at radius 1 is 0.935 bits per heavy atom. The van der Waals surface area contributed by atoms with Crippen LogP contribution in [0.25, 0.3) is 11.3 Å². The fraction of sp³-hybridized carbons (Fsp3) is 0.304. The molecule has 7 nitrogen and oxygen atoms in total. The minimum Gasteiger partial charge on any atom is -0.355 e. The lowest BCUT2D eigenvalue weighted by Crippen LogP contribution is -2.35. The Kier molecular flexibility index (Phi) is 5.11. The van der Waals surface area contributed by atoms with Gasteiger partial charge in [-0.05, 0) is 43.0 Å². The van der Waals surface area contributed by atoms with Crippen LogP contribution in [0.4, 0.5) is 5.69 Å². The van der Waals surface area contributed by atoms with E-state index in [2.05, 4.69) is 5.16 Å². The Labute approximate surface area is 181 Å². The molecule has 0 saturated carbocycles. The first-order valence-electron chi connectivity index (χ1n) is 10.5. The lowest BCUT2D eigenvalue weighted by atomic mass is 10.1. The van der Waals surface area contributed by atoms with Gasteiger partial charge in [-0.3, -0.25) is 4.79 Å². The van der Waals surface area contributed by atoms with Gasteiger partial charge in [0.2, 0.25) is 10.0 Å². The molecular weight excluding hydrogens is 414 g/mol. The highest BCUT2D eigenvalue weighted by molar-refractivity contribution is 7.89. The molecule has 0 bridgehead atoms. The third-order valence-corrected chi connectivity index (χ3v) is 7.83. The molecule has 3 heterocycles. The number of nitrogens with zero attached hydrogens (tertiary/aromatic N) is 3. The molecule has 2 aromatic carbocycles. The van der Waals surface area contributed by atoms with E-state index >= 15 is 0 Å². The number of hydrogen-bond donors (Lipinski definition) is 0. The van der Waals surface area contributed by atoms with E-state index in [-0.39, 0.29) is 11.6 Å². The quantitative estimate of drug-likeness (QED) is 0.621. The number of sulfonamides is 1. The average molecular weight is 438 g/mol. The van der Waals surface area contributed by atoms with Crippen molar-refractivity contribution in [3.05, 3.63) is 65.9 Å². The molecular formula is C23H23N3O4S. The minimum absolute atomic E-state index is 0.233. The van der Waals surface area contributed by atoms with Gasteiger partial charge in [0.25, 0.3) is 5.91 Å². The van der Waals surface area contributed by atoms with Crippen molar-refractivity contribution in [3.63, 3.8) is 0 Å². The predicted molar refractivity (Wildman–Crippen MR) is 116 cm³/mol. The molecule has 8 heteroatoms. The Morgan fingerprint density at radius 2 is 1.71 bits per heavy atom. The van der Waals surface area contributed by atoms with Gasteiger partial charge in [0.1, 0.15) is 0 Å². The molecule has 1 saturated heterocycles. The molecule has 5 rings (SSSR count). The maximum Gasteiger partial charge on any atom is 0.280 e. The zero-order valence-corrected chi connectivity index (χ0v) is 17.8. The van der Waals surface area contributed by atoms with Crippen LogP contribution in [0.15, 0.2) is 64.0 Å². The van der Waals surface area contributed by atoms with Crippen LogP contribution in [-0.2, 0) is 16.4 Å². The number of rotatable bonds is 4. The lowest BCUT2D eigenvalue weighted by Gasteiger charge is -2.26. The molecule has 0 aliphatic carbocycles. The number of benzene rings is 2. The Balaban J connectivity index is 1.39. The molecule has 0 atom stereocenters.